The van der Waals surface area contributed by atoms with Crippen LogP contribution in [-0.4, -0.2) is 5.01 Å². The number of furan rings is 1. The highest BCUT2D eigenvalue weighted by atomic mass is 79.9. The van der Waals surface area contributed by atoms with Gasteiger partial charge < -0.3 is 14.6 Å². The highest BCUT2D eigenvalue weighted by molar-refractivity contribution is 9.10. The van der Waals surface area contributed by atoms with Gasteiger partial charge in [0.2, 0.25) is 0 Å². The molecule has 2 aliphatic heterocycles. The Morgan fingerprint density at radius 3 is 2.56 bits per heavy atom. The van der Waals surface area contributed by atoms with Gasteiger partial charge in [-0.25, -0.2) is 0 Å². The molecule has 3 heterocycles. The van der Waals surface area contributed by atoms with E-state index in [1.165, 1.54) is 5.56 Å². The van der Waals surface area contributed by atoms with Crippen LogP contribution in [0.15, 0.2) is 69.6 Å². The molecule has 0 saturated heterocycles. The summed E-state index contributed by atoms with van der Waals surface area (Å²) in [4.78, 5) is 0. The van der Waals surface area contributed by atoms with E-state index in [1.54, 1.807) is 0 Å². The molecule has 5 rings (SSSR count). The summed E-state index contributed by atoms with van der Waals surface area (Å²) in [6, 6.07) is 18.7. The van der Waals surface area contributed by atoms with E-state index < -0.39 is 0 Å². The Balaban J connectivity index is 1.60. The molecule has 0 bridgehead atoms. The van der Waals surface area contributed by atoms with Crippen LogP contribution in [0.25, 0.3) is 5.70 Å². The van der Waals surface area contributed by atoms with Gasteiger partial charge in [0.05, 0.1) is 11.7 Å². The quantitative estimate of drug-likeness (QED) is 0.578. The third-order valence-corrected chi connectivity index (χ3v) is 5.52. The van der Waals surface area contributed by atoms with Crippen LogP contribution < -0.4 is 10.2 Å². The standard InChI is InChI=1S/C22H19BrN2O2/c1-13-3-6-15(7-4-13)22-25-19(17-11-16(23)8-10-20(17)27-22)12-18(24-25)21-9-5-14(2)26-21/h3-12,19,22,24H,1-2H3/t19-,22+/m1/s1. The van der Waals surface area contributed by atoms with Crippen molar-refractivity contribution in [3.8, 4) is 5.75 Å². The van der Waals surface area contributed by atoms with E-state index in [9.17, 15) is 0 Å². The summed E-state index contributed by atoms with van der Waals surface area (Å²) >= 11 is 3.59. The molecule has 0 aliphatic carbocycles. The van der Waals surface area contributed by atoms with Crippen molar-refractivity contribution in [1.29, 1.82) is 0 Å². The van der Waals surface area contributed by atoms with Crippen LogP contribution in [0.3, 0.4) is 0 Å². The zero-order valence-corrected chi connectivity index (χ0v) is 16.7. The second-order valence-electron chi connectivity index (χ2n) is 7.02. The number of benzene rings is 2. The van der Waals surface area contributed by atoms with Crippen molar-refractivity contribution in [3.63, 3.8) is 0 Å². The number of ether oxygens (including phenoxy) is 1. The molecule has 0 fully saturated rings. The maximum Gasteiger partial charge on any atom is 0.195 e. The van der Waals surface area contributed by atoms with E-state index in [-0.39, 0.29) is 12.3 Å². The minimum Gasteiger partial charge on any atom is -0.469 e. The summed E-state index contributed by atoms with van der Waals surface area (Å²) in [5, 5.41) is 2.15. The zero-order valence-electron chi connectivity index (χ0n) is 15.1. The van der Waals surface area contributed by atoms with E-state index >= 15 is 0 Å². The van der Waals surface area contributed by atoms with Crippen LogP contribution in [0.1, 0.15) is 40.5 Å². The van der Waals surface area contributed by atoms with Crippen LogP contribution in [0.2, 0.25) is 0 Å². The summed E-state index contributed by atoms with van der Waals surface area (Å²) in [6.45, 7) is 4.05. The molecular weight excluding hydrogens is 404 g/mol. The van der Waals surface area contributed by atoms with Gasteiger partial charge in [-0.3, -0.25) is 0 Å². The minimum atomic E-state index is -0.228. The molecular formula is C22H19BrN2O2. The molecule has 2 aliphatic rings. The van der Waals surface area contributed by atoms with Gasteiger partial charge in [0.15, 0.2) is 12.0 Å². The lowest BCUT2D eigenvalue weighted by Crippen LogP contribution is -2.43. The van der Waals surface area contributed by atoms with Crippen LogP contribution in [0, 0.1) is 13.8 Å². The lowest BCUT2D eigenvalue weighted by molar-refractivity contribution is -0.0328. The molecule has 1 aromatic heterocycles. The summed E-state index contributed by atoms with van der Waals surface area (Å²) in [5.41, 5.74) is 7.93. The molecule has 4 nitrogen and oxygen atoms in total. The lowest BCUT2D eigenvalue weighted by Gasteiger charge is -2.39. The number of halogens is 1. The average Bonchev–Trinajstić information content (AvgIpc) is 3.28. The Hall–Kier alpha value is -2.50. The van der Waals surface area contributed by atoms with Gasteiger partial charge in [0.1, 0.15) is 11.5 Å². The third-order valence-electron chi connectivity index (χ3n) is 5.02. The molecule has 27 heavy (non-hydrogen) atoms. The number of aryl methyl sites for hydroxylation is 2. The molecule has 1 N–H and O–H groups in total. The third kappa shape index (κ3) is 2.87. The Morgan fingerprint density at radius 2 is 1.81 bits per heavy atom. The number of rotatable bonds is 2. The second kappa shape index (κ2) is 6.29. The maximum absolute atomic E-state index is 6.39. The lowest BCUT2D eigenvalue weighted by atomic mass is 10.0. The Kier molecular flexibility index (Phi) is 3.88. The van der Waals surface area contributed by atoms with Crippen LogP contribution in [0.4, 0.5) is 0 Å². The van der Waals surface area contributed by atoms with E-state index in [4.69, 9.17) is 9.15 Å². The van der Waals surface area contributed by atoms with Gasteiger partial charge in [-0.2, -0.15) is 5.01 Å². The molecule has 0 amide bonds. The van der Waals surface area contributed by atoms with Gasteiger partial charge in [-0.1, -0.05) is 45.8 Å². The van der Waals surface area contributed by atoms with E-state index in [0.717, 1.165) is 38.6 Å². The van der Waals surface area contributed by atoms with Crippen molar-refractivity contribution in [2.45, 2.75) is 26.1 Å². The van der Waals surface area contributed by atoms with Gasteiger partial charge >= 0.3 is 0 Å². The summed E-state index contributed by atoms with van der Waals surface area (Å²) in [6.07, 6.45) is 1.97. The van der Waals surface area contributed by atoms with Gasteiger partial charge in [0, 0.05) is 15.6 Å². The van der Waals surface area contributed by atoms with Crippen molar-refractivity contribution in [2.75, 3.05) is 0 Å². The number of hydrogen-bond acceptors (Lipinski definition) is 4. The fourth-order valence-corrected chi connectivity index (χ4v) is 4.02. The first-order valence-corrected chi connectivity index (χ1v) is 9.74. The molecule has 3 aromatic rings. The number of hydrazine groups is 1. The molecule has 0 radical (unpaired) electrons. The van der Waals surface area contributed by atoms with Gasteiger partial charge in [0.25, 0.3) is 0 Å². The van der Waals surface area contributed by atoms with Crippen molar-refractivity contribution in [3.05, 3.63) is 93.4 Å². The Morgan fingerprint density at radius 1 is 1.00 bits per heavy atom. The summed E-state index contributed by atoms with van der Waals surface area (Å²) < 4.78 is 13.3. The van der Waals surface area contributed by atoms with E-state index in [0.29, 0.717) is 0 Å². The molecule has 0 unspecified atom stereocenters. The van der Waals surface area contributed by atoms with E-state index in [2.05, 4.69) is 69.7 Å². The SMILES string of the molecule is Cc1ccc([C@@H]2Oc3ccc(Br)cc3[C@H]3C=C(c4ccc(C)o4)NN32)cc1. The largest absolute Gasteiger partial charge is 0.469 e. The first-order valence-electron chi connectivity index (χ1n) is 8.95. The monoisotopic (exact) mass is 422 g/mol. The van der Waals surface area contributed by atoms with Gasteiger partial charge in [-0.15, -0.1) is 0 Å². The number of nitrogens with one attached hydrogen (secondary N) is 1. The molecule has 2 atom stereocenters. The normalized spacial score (nSPS) is 21.1. The van der Waals surface area contributed by atoms with Crippen molar-refractivity contribution < 1.29 is 9.15 Å². The molecule has 2 aromatic carbocycles. The Labute approximate surface area is 166 Å². The fourth-order valence-electron chi connectivity index (χ4n) is 3.64. The minimum absolute atomic E-state index is 0.0537. The zero-order chi connectivity index (χ0) is 18.5. The molecule has 136 valence electrons. The van der Waals surface area contributed by atoms with Crippen LogP contribution in [-0.2, 0) is 0 Å². The first kappa shape index (κ1) is 16.7. The van der Waals surface area contributed by atoms with Crippen molar-refractivity contribution in [2.24, 2.45) is 0 Å². The highest BCUT2D eigenvalue weighted by Crippen LogP contribution is 2.46. The molecule has 0 saturated carbocycles. The number of fused-ring (bicyclic) bond motifs is 3. The van der Waals surface area contributed by atoms with Crippen molar-refractivity contribution >= 4 is 21.6 Å². The maximum atomic E-state index is 6.39. The van der Waals surface area contributed by atoms with Crippen LogP contribution >= 0.6 is 15.9 Å². The summed E-state index contributed by atoms with van der Waals surface area (Å²) in [5.74, 6) is 2.63. The number of hydrogen-bond donors (Lipinski definition) is 1. The van der Waals surface area contributed by atoms with Crippen LogP contribution in [0.5, 0.6) is 5.75 Å². The smallest absolute Gasteiger partial charge is 0.195 e. The average molecular weight is 423 g/mol. The second-order valence-corrected chi connectivity index (χ2v) is 7.93. The first-order chi connectivity index (χ1) is 13.1. The van der Waals surface area contributed by atoms with Gasteiger partial charge in [-0.05, 0) is 50.3 Å². The number of nitrogens with zero attached hydrogens (tertiary/aromatic N) is 1. The predicted octanol–water partition coefficient (Wildman–Crippen LogP) is 5.65. The molecule has 0 spiro atoms. The fraction of sp³-hybridized carbons (Fsp3) is 0.182. The van der Waals surface area contributed by atoms with Crippen molar-refractivity contribution in [1.82, 2.24) is 10.4 Å². The topological polar surface area (TPSA) is 37.6 Å². The molecule has 5 heteroatoms. The highest BCUT2D eigenvalue weighted by Gasteiger charge is 2.40. The predicted molar refractivity (Wildman–Crippen MR) is 108 cm³/mol. The Bertz CT molecular complexity index is 1040. The summed E-state index contributed by atoms with van der Waals surface area (Å²) in [7, 11) is 0. The van der Waals surface area contributed by atoms with E-state index in [1.807, 2.05) is 31.2 Å².